The van der Waals surface area contributed by atoms with Crippen molar-refractivity contribution in [3.05, 3.63) is 42.1 Å². The third-order valence-electron chi connectivity index (χ3n) is 5.91. The molecule has 0 radical (unpaired) electrons. The monoisotopic (exact) mass is 379 g/mol. The summed E-state index contributed by atoms with van der Waals surface area (Å²) in [4.78, 5) is 13.6. The summed E-state index contributed by atoms with van der Waals surface area (Å²) >= 11 is 0. The van der Waals surface area contributed by atoms with Crippen LogP contribution in [0.4, 0.5) is 17.5 Å². The second kappa shape index (κ2) is 8.14. The van der Waals surface area contributed by atoms with E-state index in [2.05, 4.69) is 34.3 Å². The van der Waals surface area contributed by atoms with Gasteiger partial charge in [0.05, 0.1) is 18.6 Å². The van der Waals surface area contributed by atoms with Crippen molar-refractivity contribution >= 4 is 23.8 Å². The lowest BCUT2D eigenvalue weighted by molar-refractivity contribution is 0.418. The van der Waals surface area contributed by atoms with Crippen molar-refractivity contribution in [2.75, 3.05) is 15.1 Å². The fourth-order valence-corrected chi connectivity index (χ4v) is 4.49. The minimum Gasteiger partial charge on any atom is -0.350 e. The normalized spacial score (nSPS) is 22.2. The summed E-state index contributed by atoms with van der Waals surface area (Å²) < 4.78 is 0. The molecule has 4 rings (SSSR count). The van der Waals surface area contributed by atoms with E-state index in [1.807, 2.05) is 18.2 Å². The first kappa shape index (κ1) is 18.7. The lowest BCUT2D eigenvalue weighted by Gasteiger charge is -2.48. The number of fused-ring (bicyclic) bond motifs is 1. The van der Waals surface area contributed by atoms with E-state index in [9.17, 15) is 0 Å². The van der Waals surface area contributed by atoms with Crippen LogP contribution in [0.5, 0.6) is 0 Å². The van der Waals surface area contributed by atoms with Crippen LogP contribution in [0.15, 0.2) is 36.5 Å². The van der Waals surface area contributed by atoms with E-state index in [0.717, 1.165) is 17.9 Å². The maximum atomic E-state index is 7.88. The molecular formula is C21H29N7. The van der Waals surface area contributed by atoms with Crippen molar-refractivity contribution in [3.8, 4) is 0 Å². The molecule has 4 N–H and O–H groups in total. The van der Waals surface area contributed by atoms with Gasteiger partial charge in [0, 0.05) is 12.6 Å². The number of nitrogens with one attached hydrogen (secondary N) is 2. The second-order valence-electron chi connectivity index (χ2n) is 7.59. The highest BCUT2D eigenvalue weighted by atomic mass is 15.4. The minimum absolute atomic E-state index is 0.133. The first-order chi connectivity index (χ1) is 13.7. The molecule has 7 heteroatoms. The SMILES string of the molecule is CC[C@@H]1C(N)N(C=N)c2cnc(NCc3ccccc3)nc2N1C1CCCC1. The van der Waals surface area contributed by atoms with Crippen LogP contribution in [-0.2, 0) is 6.54 Å². The average Bonchev–Trinajstić information content (AvgIpc) is 3.26. The molecule has 148 valence electrons. The van der Waals surface area contributed by atoms with E-state index in [-0.39, 0.29) is 12.2 Å². The van der Waals surface area contributed by atoms with Gasteiger partial charge in [-0.05, 0) is 24.8 Å². The lowest BCUT2D eigenvalue weighted by atomic mass is 10.0. The molecule has 0 spiro atoms. The predicted octanol–water partition coefficient (Wildman–Crippen LogP) is 3.33. The summed E-state index contributed by atoms with van der Waals surface area (Å²) in [6.45, 7) is 2.84. The van der Waals surface area contributed by atoms with Crippen LogP contribution >= 0.6 is 0 Å². The van der Waals surface area contributed by atoms with E-state index in [4.69, 9.17) is 16.1 Å². The van der Waals surface area contributed by atoms with E-state index < -0.39 is 0 Å². The van der Waals surface area contributed by atoms with Gasteiger partial charge in [-0.2, -0.15) is 4.98 Å². The summed E-state index contributed by atoms with van der Waals surface area (Å²) in [5.74, 6) is 1.51. The molecule has 1 unspecified atom stereocenters. The third-order valence-corrected chi connectivity index (χ3v) is 5.91. The van der Waals surface area contributed by atoms with Crippen molar-refractivity contribution in [2.45, 2.75) is 63.8 Å². The van der Waals surface area contributed by atoms with Crippen molar-refractivity contribution in [1.29, 1.82) is 5.41 Å². The lowest BCUT2D eigenvalue weighted by Crippen LogP contribution is -2.62. The molecule has 2 heterocycles. The summed E-state index contributed by atoms with van der Waals surface area (Å²) in [6, 6.07) is 10.8. The van der Waals surface area contributed by atoms with Gasteiger partial charge in [0.25, 0.3) is 0 Å². The molecule has 1 aliphatic heterocycles. The second-order valence-corrected chi connectivity index (χ2v) is 7.59. The smallest absolute Gasteiger partial charge is 0.225 e. The number of hydrogen-bond acceptors (Lipinski definition) is 6. The summed E-state index contributed by atoms with van der Waals surface area (Å²) in [5.41, 5.74) is 8.56. The summed E-state index contributed by atoms with van der Waals surface area (Å²) in [6.07, 6.45) is 8.60. The van der Waals surface area contributed by atoms with E-state index in [1.165, 1.54) is 37.6 Å². The molecule has 2 atom stereocenters. The van der Waals surface area contributed by atoms with Gasteiger partial charge in [0.1, 0.15) is 11.9 Å². The van der Waals surface area contributed by atoms with E-state index in [0.29, 0.717) is 18.5 Å². The highest BCUT2D eigenvalue weighted by molar-refractivity contribution is 5.86. The molecule has 28 heavy (non-hydrogen) atoms. The van der Waals surface area contributed by atoms with Gasteiger partial charge in [0.2, 0.25) is 5.95 Å². The molecule has 1 aliphatic carbocycles. The fraction of sp³-hybridized carbons (Fsp3) is 0.476. The molecule has 0 bridgehead atoms. The molecule has 1 saturated carbocycles. The van der Waals surface area contributed by atoms with Crippen LogP contribution in [0.3, 0.4) is 0 Å². The Bertz CT molecular complexity index is 804. The third kappa shape index (κ3) is 3.42. The molecule has 1 aromatic carbocycles. The van der Waals surface area contributed by atoms with E-state index >= 15 is 0 Å². The zero-order valence-electron chi connectivity index (χ0n) is 16.4. The molecule has 1 fully saturated rings. The number of nitrogens with zero attached hydrogens (tertiary/aromatic N) is 4. The van der Waals surface area contributed by atoms with Crippen LogP contribution in [-0.4, -0.2) is 34.6 Å². The zero-order chi connectivity index (χ0) is 19.5. The summed E-state index contributed by atoms with van der Waals surface area (Å²) in [7, 11) is 0. The number of hydrogen-bond donors (Lipinski definition) is 3. The van der Waals surface area contributed by atoms with E-state index in [1.54, 1.807) is 11.1 Å². The van der Waals surface area contributed by atoms with Crippen LogP contribution in [0, 0.1) is 5.41 Å². The predicted molar refractivity (Wildman–Crippen MR) is 114 cm³/mol. The van der Waals surface area contributed by atoms with Crippen LogP contribution in [0.25, 0.3) is 0 Å². The van der Waals surface area contributed by atoms with Gasteiger partial charge < -0.3 is 20.9 Å². The molecule has 7 nitrogen and oxygen atoms in total. The maximum Gasteiger partial charge on any atom is 0.225 e. The van der Waals surface area contributed by atoms with Gasteiger partial charge in [-0.1, -0.05) is 50.1 Å². The first-order valence-corrected chi connectivity index (χ1v) is 10.2. The highest BCUT2D eigenvalue weighted by Gasteiger charge is 2.41. The molecule has 0 amide bonds. The largest absolute Gasteiger partial charge is 0.350 e. The van der Waals surface area contributed by atoms with Crippen molar-refractivity contribution in [2.24, 2.45) is 5.73 Å². The Hall–Kier alpha value is -2.67. The Morgan fingerprint density at radius 2 is 2.00 bits per heavy atom. The Morgan fingerprint density at radius 3 is 2.68 bits per heavy atom. The Labute approximate surface area is 166 Å². The molecular weight excluding hydrogens is 350 g/mol. The van der Waals surface area contributed by atoms with Gasteiger partial charge >= 0.3 is 0 Å². The quantitative estimate of drug-likeness (QED) is 0.526. The Balaban J connectivity index is 1.67. The molecule has 2 aliphatic rings. The number of nitrogens with two attached hydrogens (primary N) is 1. The number of aromatic nitrogens is 2. The standard InChI is InChI=1S/C21H29N7/c1-2-17-19(23)27(14-22)18-13-25-21(24-12-15-8-4-3-5-9-15)26-20(18)28(17)16-10-6-7-11-16/h3-5,8-9,13-14,16-17,19,22H,2,6-7,10-12,23H2,1H3,(H,24,25,26)/t17-,19?/m1/s1. The maximum absolute atomic E-state index is 7.88. The number of benzene rings is 1. The number of anilines is 3. The molecule has 2 aromatic rings. The van der Waals surface area contributed by atoms with Crippen molar-refractivity contribution < 1.29 is 0 Å². The Kier molecular flexibility index (Phi) is 5.43. The van der Waals surface area contributed by atoms with Gasteiger partial charge in [0.15, 0.2) is 5.82 Å². The van der Waals surface area contributed by atoms with Crippen LogP contribution < -0.4 is 20.9 Å². The highest BCUT2D eigenvalue weighted by Crippen LogP contribution is 2.40. The first-order valence-electron chi connectivity index (χ1n) is 10.2. The van der Waals surface area contributed by atoms with Gasteiger partial charge in [-0.15, -0.1) is 0 Å². The fourth-order valence-electron chi connectivity index (χ4n) is 4.49. The Morgan fingerprint density at radius 1 is 1.25 bits per heavy atom. The number of rotatable bonds is 6. The zero-order valence-corrected chi connectivity index (χ0v) is 16.4. The van der Waals surface area contributed by atoms with Gasteiger partial charge in [-0.3, -0.25) is 5.41 Å². The van der Waals surface area contributed by atoms with Crippen molar-refractivity contribution in [3.63, 3.8) is 0 Å². The molecule has 0 saturated heterocycles. The minimum atomic E-state index is -0.262. The van der Waals surface area contributed by atoms with Crippen LogP contribution in [0.2, 0.25) is 0 Å². The summed E-state index contributed by atoms with van der Waals surface area (Å²) in [5, 5.41) is 11.2. The van der Waals surface area contributed by atoms with Gasteiger partial charge in [-0.25, -0.2) is 4.98 Å². The van der Waals surface area contributed by atoms with Crippen molar-refractivity contribution in [1.82, 2.24) is 9.97 Å². The topological polar surface area (TPSA) is 94.2 Å². The average molecular weight is 380 g/mol. The molecule has 1 aromatic heterocycles. The van der Waals surface area contributed by atoms with Crippen LogP contribution in [0.1, 0.15) is 44.6 Å².